The molecule has 0 bridgehead atoms. The van der Waals surface area contributed by atoms with Crippen molar-refractivity contribution in [3.8, 4) is 0 Å². The molecule has 0 aliphatic heterocycles. The van der Waals surface area contributed by atoms with Gasteiger partial charge >= 0.3 is 5.97 Å². The second-order valence-electron chi connectivity index (χ2n) is 2.84. The van der Waals surface area contributed by atoms with Crippen LogP contribution < -0.4 is 0 Å². The van der Waals surface area contributed by atoms with Gasteiger partial charge in [-0.05, 0) is 20.8 Å². The third-order valence-electron chi connectivity index (χ3n) is 1.30. The SMILES string of the molecule is Cc1nc(Cl)sc1C(=O)OC(C)C. The number of hydrogen-bond acceptors (Lipinski definition) is 4. The second-order valence-corrected chi connectivity index (χ2v) is 4.42. The van der Waals surface area contributed by atoms with Gasteiger partial charge in [0.05, 0.1) is 11.8 Å². The molecule has 0 radical (unpaired) electrons. The van der Waals surface area contributed by atoms with Gasteiger partial charge in [-0.2, -0.15) is 0 Å². The van der Waals surface area contributed by atoms with Gasteiger partial charge in [-0.25, -0.2) is 9.78 Å². The van der Waals surface area contributed by atoms with Gasteiger partial charge in [0.25, 0.3) is 0 Å². The molecule has 1 aromatic rings. The van der Waals surface area contributed by atoms with Crippen molar-refractivity contribution in [3.05, 3.63) is 15.0 Å². The van der Waals surface area contributed by atoms with Crippen molar-refractivity contribution >= 4 is 28.9 Å². The zero-order chi connectivity index (χ0) is 10.0. The summed E-state index contributed by atoms with van der Waals surface area (Å²) in [4.78, 5) is 15.8. The number of thiazole rings is 1. The molecule has 0 aliphatic carbocycles. The normalized spacial score (nSPS) is 10.5. The maximum atomic E-state index is 11.4. The number of halogens is 1. The Morgan fingerprint density at radius 2 is 2.23 bits per heavy atom. The van der Waals surface area contributed by atoms with E-state index in [1.165, 1.54) is 0 Å². The molecule has 0 N–H and O–H groups in total. The van der Waals surface area contributed by atoms with Gasteiger partial charge in [0, 0.05) is 0 Å². The molecule has 0 aromatic carbocycles. The minimum atomic E-state index is -0.350. The van der Waals surface area contributed by atoms with Crippen molar-refractivity contribution in [1.82, 2.24) is 4.98 Å². The minimum Gasteiger partial charge on any atom is -0.459 e. The average molecular weight is 220 g/mol. The summed E-state index contributed by atoms with van der Waals surface area (Å²) in [5, 5.41) is 0. The number of carbonyl (C=O) groups excluding carboxylic acids is 1. The molecule has 0 amide bonds. The van der Waals surface area contributed by atoms with E-state index in [-0.39, 0.29) is 12.1 Å². The Bertz CT molecular complexity index is 322. The van der Waals surface area contributed by atoms with Crippen LogP contribution in [0, 0.1) is 6.92 Å². The maximum Gasteiger partial charge on any atom is 0.350 e. The molecule has 0 spiro atoms. The number of esters is 1. The van der Waals surface area contributed by atoms with Crippen LogP contribution in [0.3, 0.4) is 0 Å². The van der Waals surface area contributed by atoms with E-state index in [4.69, 9.17) is 16.3 Å². The van der Waals surface area contributed by atoms with E-state index in [0.717, 1.165) is 11.3 Å². The molecular weight excluding hydrogens is 210 g/mol. The number of carbonyl (C=O) groups is 1. The van der Waals surface area contributed by atoms with Crippen molar-refractivity contribution in [3.63, 3.8) is 0 Å². The van der Waals surface area contributed by atoms with Crippen LogP contribution in [-0.4, -0.2) is 17.1 Å². The number of aryl methyl sites for hydroxylation is 1. The highest BCUT2D eigenvalue weighted by Crippen LogP contribution is 2.23. The largest absolute Gasteiger partial charge is 0.459 e. The fourth-order valence-electron chi connectivity index (χ4n) is 0.820. The first-order valence-electron chi connectivity index (χ1n) is 3.84. The van der Waals surface area contributed by atoms with Crippen LogP contribution in [0.1, 0.15) is 29.2 Å². The number of hydrogen-bond donors (Lipinski definition) is 0. The Hall–Kier alpha value is -0.610. The van der Waals surface area contributed by atoms with Gasteiger partial charge in [-0.3, -0.25) is 0 Å². The molecule has 13 heavy (non-hydrogen) atoms. The molecule has 0 saturated heterocycles. The topological polar surface area (TPSA) is 39.2 Å². The monoisotopic (exact) mass is 219 g/mol. The molecule has 1 heterocycles. The molecule has 0 unspecified atom stereocenters. The fraction of sp³-hybridized carbons (Fsp3) is 0.500. The summed E-state index contributed by atoms with van der Waals surface area (Å²) in [7, 11) is 0. The first-order chi connectivity index (χ1) is 6.00. The summed E-state index contributed by atoms with van der Waals surface area (Å²) < 4.78 is 5.37. The lowest BCUT2D eigenvalue weighted by Gasteiger charge is -2.05. The molecule has 3 nitrogen and oxygen atoms in total. The Morgan fingerprint density at radius 1 is 1.62 bits per heavy atom. The highest BCUT2D eigenvalue weighted by Gasteiger charge is 2.16. The predicted molar refractivity (Wildman–Crippen MR) is 52.4 cm³/mol. The van der Waals surface area contributed by atoms with Gasteiger partial charge in [-0.15, -0.1) is 0 Å². The first kappa shape index (κ1) is 10.5. The van der Waals surface area contributed by atoms with Crippen molar-refractivity contribution in [2.24, 2.45) is 0 Å². The van der Waals surface area contributed by atoms with Crippen molar-refractivity contribution in [2.45, 2.75) is 26.9 Å². The Labute approximate surface area is 85.7 Å². The lowest BCUT2D eigenvalue weighted by atomic mass is 10.4. The minimum absolute atomic E-state index is 0.118. The van der Waals surface area contributed by atoms with Gasteiger partial charge < -0.3 is 4.74 Å². The number of ether oxygens (including phenoxy) is 1. The smallest absolute Gasteiger partial charge is 0.350 e. The highest BCUT2D eigenvalue weighted by molar-refractivity contribution is 7.17. The van der Waals surface area contributed by atoms with Crippen LogP contribution in [0.15, 0.2) is 0 Å². The Balaban J connectivity index is 2.82. The summed E-state index contributed by atoms with van der Waals surface area (Å²) in [6.45, 7) is 5.34. The Kier molecular flexibility index (Phi) is 3.27. The van der Waals surface area contributed by atoms with Crippen LogP contribution >= 0.6 is 22.9 Å². The highest BCUT2D eigenvalue weighted by atomic mass is 35.5. The summed E-state index contributed by atoms with van der Waals surface area (Å²) in [5.41, 5.74) is 0.626. The number of rotatable bonds is 2. The summed E-state index contributed by atoms with van der Waals surface area (Å²) in [5.74, 6) is -0.350. The van der Waals surface area contributed by atoms with Crippen LogP contribution in [0.4, 0.5) is 0 Å². The molecule has 0 atom stereocenters. The standard InChI is InChI=1S/C8H10ClNO2S/c1-4(2)12-7(11)6-5(3)10-8(9)13-6/h4H,1-3H3. The summed E-state index contributed by atoms with van der Waals surface area (Å²) in [6.07, 6.45) is -0.118. The molecule has 0 aliphatic rings. The fourth-order valence-corrected chi connectivity index (χ4v) is 1.85. The van der Waals surface area contributed by atoms with Gasteiger partial charge in [0.2, 0.25) is 0 Å². The predicted octanol–water partition coefficient (Wildman–Crippen LogP) is 2.67. The molecule has 5 heteroatoms. The van der Waals surface area contributed by atoms with Crippen LogP contribution in [-0.2, 0) is 4.74 Å². The zero-order valence-corrected chi connectivity index (χ0v) is 9.20. The van der Waals surface area contributed by atoms with Gasteiger partial charge in [-0.1, -0.05) is 22.9 Å². The van der Waals surface area contributed by atoms with Crippen molar-refractivity contribution < 1.29 is 9.53 Å². The van der Waals surface area contributed by atoms with Crippen molar-refractivity contribution in [2.75, 3.05) is 0 Å². The lowest BCUT2D eigenvalue weighted by molar-refractivity contribution is 0.0382. The molecular formula is C8H10ClNO2S. The maximum absolute atomic E-state index is 11.4. The number of aromatic nitrogens is 1. The van der Waals surface area contributed by atoms with E-state index in [1.807, 2.05) is 0 Å². The Morgan fingerprint density at radius 3 is 2.62 bits per heavy atom. The lowest BCUT2D eigenvalue weighted by Crippen LogP contribution is -2.11. The van der Waals surface area contributed by atoms with Crippen LogP contribution in [0.2, 0.25) is 4.47 Å². The zero-order valence-electron chi connectivity index (χ0n) is 7.63. The van der Waals surface area contributed by atoms with E-state index in [2.05, 4.69) is 4.98 Å². The van der Waals surface area contributed by atoms with E-state index >= 15 is 0 Å². The van der Waals surface area contributed by atoms with E-state index < -0.39 is 0 Å². The molecule has 72 valence electrons. The molecule has 1 rings (SSSR count). The summed E-state index contributed by atoms with van der Waals surface area (Å²) in [6, 6.07) is 0. The summed E-state index contributed by atoms with van der Waals surface area (Å²) >= 11 is 6.79. The van der Waals surface area contributed by atoms with E-state index in [9.17, 15) is 4.79 Å². The third-order valence-corrected chi connectivity index (χ3v) is 2.54. The molecule has 0 fully saturated rings. The van der Waals surface area contributed by atoms with Crippen LogP contribution in [0.25, 0.3) is 0 Å². The van der Waals surface area contributed by atoms with Crippen LogP contribution in [0.5, 0.6) is 0 Å². The first-order valence-corrected chi connectivity index (χ1v) is 5.04. The van der Waals surface area contributed by atoms with E-state index in [0.29, 0.717) is 15.0 Å². The van der Waals surface area contributed by atoms with Gasteiger partial charge in [0.15, 0.2) is 4.47 Å². The third kappa shape index (κ3) is 2.67. The average Bonchev–Trinajstić information content (AvgIpc) is 2.28. The number of nitrogens with zero attached hydrogens (tertiary/aromatic N) is 1. The molecule has 1 aromatic heterocycles. The van der Waals surface area contributed by atoms with Gasteiger partial charge in [0.1, 0.15) is 4.88 Å². The van der Waals surface area contributed by atoms with Crippen molar-refractivity contribution in [1.29, 1.82) is 0 Å². The quantitative estimate of drug-likeness (QED) is 0.718. The molecule has 0 saturated carbocycles. The van der Waals surface area contributed by atoms with E-state index in [1.54, 1.807) is 20.8 Å². The second kappa shape index (κ2) is 4.07.